The number of hydrogen-bond acceptors (Lipinski definition) is 1. The summed E-state index contributed by atoms with van der Waals surface area (Å²) in [5.74, 6) is 0. The molecule has 0 aliphatic carbocycles. The standard InChI is InChI=1S/C6H11IO/c1-2-5-6(8-5)3-4-7/h5-6H,2-4H2,1H3. The Labute approximate surface area is 63.9 Å². The molecule has 1 saturated heterocycles. The van der Waals surface area contributed by atoms with Crippen LogP contribution in [-0.4, -0.2) is 16.6 Å². The molecular formula is C6H11IO. The van der Waals surface area contributed by atoms with Crippen molar-refractivity contribution in [2.75, 3.05) is 4.43 Å². The van der Waals surface area contributed by atoms with Crippen LogP contribution >= 0.6 is 22.6 Å². The lowest BCUT2D eigenvalue weighted by molar-refractivity contribution is 0.365. The summed E-state index contributed by atoms with van der Waals surface area (Å²) in [6, 6.07) is 0. The molecule has 0 saturated carbocycles. The maximum Gasteiger partial charge on any atom is 0.0849 e. The zero-order valence-corrected chi connectivity index (χ0v) is 7.22. The molecule has 0 aromatic heterocycles. The highest BCUT2D eigenvalue weighted by molar-refractivity contribution is 14.1. The summed E-state index contributed by atoms with van der Waals surface area (Å²) in [5.41, 5.74) is 0. The van der Waals surface area contributed by atoms with Gasteiger partial charge >= 0.3 is 0 Å². The van der Waals surface area contributed by atoms with Crippen molar-refractivity contribution in [3.8, 4) is 0 Å². The Hall–Kier alpha value is 0.690. The van der Waals surface area contributed by atoms with E-state index >= 15 is 0 Å². The van der Waals surface area contributed by atoms with Crippen molar-refractivity contribution in [1.29, 1.82) is 0 Å². The van der Waals surface area contributed by atoms with E-state index in [4.69, 9.17) is 4.74 Å². The summed E-state index contributed by atoms with van der Waals surface area (Å²) in [6.07, 6.45) is 3.68. The lowest BCUT2D eigenvalue weighted by Gasteiger charge is -1.83. The van der Waals surface area contributed by atoms with E-state index in [0.717, 1.165) is 0 Å². The second-order valence-electron chi connectivity index (χ2n) is 2.10. The van der Waals surface area contributed by atoms with Crippen LogP contribution in [0.5, 0.6) is 0 Å². The summed E-state index contributed by atoms with van der Waals surface area (Å²) in [4.78, 5) is 0. The van der Waals surface area contributed by atoms with Gasteiger partial charge < -0.3 is 4.74 Å². The van der Waals surface area contributed by atoms with Gasteiger partial charge in [-0.15, -0.1) is 0 Å². The molecule has 2 unspecified atom stereocenters. The normalized spacial score (nSPS) is 35.2. The Morgan fingerprint density at radius 1 is 1.50 bits per heavy atom. The Morgan fingerprint density at radius 3 is 2.62 bits per heavy atom. The highest BCUT2D eigenvalue weighted by Gasteiger charge is 2.35. The lowest BCUT2D eigenvalue weighted by Crippen LogP contribution is -1.91. The molecule has 1 heterocycles. The predicted molar refractivity (Wildman–Crippen MR) is 42.5 cm³/mol. The Morgan fingerprint density at radius 2 is 2.25 bits per heavy atom. The molecule has 0 aromatic carbocycles. The van der Waals surface area contributed by atoms with Crippen molar-refractivity contribution in [2.24, 2.45) is 0 Å². The quantitative estimate of drug-likeness (QED) is 0.407. The van der Waals surface area contributed by atoms with Crippen LogP contribution in [0.1, 0.15) is 19.8 Å². The van der Waals surface area contributed by atoms with Crippen LogP contribution in [0.25, 0.3) is 0 Å². The zero-order valence-electron chi connectivity index (χ0n) is 5.06. The number of ether oxygens (including phenoxy) is 1. The minimum atomic E-state index is 0.616. The minimum absolute atomic E-state index is 0.616. The fourth-order valence-electron chi connectivity index (χ4n) is 0.900. The first kappa shape index (κ1) is 6.81. The van der Waals surface area contributed by atoms with Gasteiger partial charge in [-0.2, -0.15) is 0 Å². The van der Waals surface area contributed by atoms with Crippen LogP contribution in [-0.2, 0) is 4.74 Å². The molecule has 1 nitrogen and oxygen atoms in total. The second-order valence-corrected chi connectivity index (χ2v) is 3.18. The van der Waals surface area contributed by atoms with Crippen molar-refractivity contribution >= 4 is 22.6 Å². The SMILES string of the molecule is CCC1OC1CCI. The molecule has 1 aliphatic heterocycles. The molecule has 0 amide bonds. The average Bonchev–Trinajstić information content (AvgIpc) is 2.48. The van der Waals surface area contributed by atoms with Crippen LogP contribution in [0.2, 0.25) is 0 Å². The summed E-state index contributed by atoms with van der Waals surface area (Å²) in [6.45, 7) is 2.18. The Kier molecular flexibility index (Phi) is 2.56. The fourth-order valence-corrected chi connectivity index (χ4v) is 1.51. The van der Waals surface area contributed by atoms with Crippen LogP contribution < -0.4 is 0 Å². The average molecular weight is 226 g/mol. The fraction of sp³-hybridized carbons (Fsp3) is 1.00. The number of epoxide rings is 1. The van der Waals surface area contributed by atoms with Gasteiger partial charge in [-0.3, -0.25) is 0 Å². The van der Waals surface area contributed by atoms with Crippen LogP contribution in [0.4, 0.5) is 0 Å². The summed E-state index contributed by atoms with van der Waals surface area (Å²) in [5, 5.41) is 0. The molecule has 1 aliphatic rings. The highest BCUT2D eigenvalue weighted by Crippen LogP contribution is 2.28. The molecule has 2 heteroatoms. The highest BCUT2D eigenvalue weighted by atomic mass is 127. The van der Waals surface area contributed by atoms with Crippen molar-refractivity contribution in [3.05, 3.63) is 0 Å². The first-order valence-electron chi connectivity index (χ1n) is 3.10. The zero-order chi connectivity index (χ0) is 5.98. The lowest BCUT2D eigenvalue weighted by atomic mass is 10.2. The van der Waals surface area contributed by atoms with Gasteiger partial charge in [0.05, 0.1) is 12.2 Å². The van der Waals surface area contributed by atoms with E-state index in [9.17, 15) is 0 Å². The Balaban J connectivity index is 1.99. The largest absolute Gasteiger partial charge is 0.370 e. The van der Waals surface area contributed by atoms with E-state index in [2.05, 4.69) is 29.5 Å². The Bertz CT molecular complexity index is 74.9. The van der Waals surface area contributed by atoms with E-state index in [1.165, 1.54) is 17.3 Å². The van der Waals surface area contributed by atoms with E-state index in [0.29, 0.717) is 12.2 Å². The van der Waals surface area contributed by atoms with Crippen molar-refractivity contribution in [2.45, 2.75) is 32.0 Å². The third-order valence-electron chi connectivity index (χ3n) is 1.48. The molecule has 48 valence electrons. The third-order valence-corrected chi connectivity index (χ3v) is 2.11. The van der Waals surface area contributed by atoms with E-state index < -0.39 is 0 Å². The molecule has 0 aromatic rings. The maximum atomic E-state index is 5.30. The molecule has 0 N–H and O–H groups in total. The predicted octanol–water partition coefficient (Wildman–Crippen LogP) is 1.99. The van der Waals surface area contributed by atoms with E-state index in [1.54, 1.807) is 0 Å². The molecular weight excluding hydrogens is 215 g/mol. The van der Waals surface area contributed by atoms with E-state index in [-0.39, 0.29) is 0 Å². The summed E-state index contributed by atoms with van der Waals surface area (Å²) in [7, 11) is 0. The number of rotatable bonds is 3. The molecule has 0 bridgehead atoms. The number of hydrogen-bond donors (Lipinski definition) is 0. The summed E-state index contributed by atoms with van der Waals surface area (Å²) >= 11 is 2.39. The van der Waals surface area contributed by atoms with Gasteiger partial charge in [0.25, 0.3) is 0 Å². The number of halogens is 1. The first-order valence-corrected chi connectivity index (χ1v) is 4.62. The topological polar surface area (TPSA) is 12.5 Å². The second kappa shape index (κ2) is 3.01. The van der Waals surface area contributed by atoms with Crippen molar-refractivity contribution < 1.29 is 4.74 Å². The molecule has 0 radical (unpaired) electrons. The van der Waals surface area contributed by atoms with Gasteiger partial charge in [0.15, 0.2) is 0 Å². The molecule has 2 atom stereocenters. The van der Waals surface area contributed by atoms with Gasteiger partial charge in [-0.25, -0.2) is 0 Å². The van der Waals surface area contributed by atoms with Crippen LogP contribution in [0.15, 0.2) is 0 Å². The monoisotopic (exact) mass is 226 g/mol. The van der Waals surface area contributed by atoms with Gasteiger partial charge in [-0.05, 0) is 12.8 Å². The molecule has 0 spiro atoms. The van der Waals surface area contributed by atoms with Gasteiger partial charge in [0, 0.05) is 4.43 Å². The molecule has 1 fully saturated rings. The first-order chi connectivity index (χ1) is 3.88. The van der Waals surface area contributed by atoms with Gasteiger partial charge in [0.1, 0.15) is 0 Å². The van der Waals surface area contributed by atoms with Gasteiger partial charge in [0.2, 0.25) is 0 Å². The van der Waals surface area contributed by atoms with Gasteiger partial charge in [-0.1, -0.05) is 29.5 Å². The number of alkyl halides is 1. The van der Waals surface area contributed by atoms with Crippen molar-refractivity contribution in [3.63, 3.8) is 0 Å². The smallest absolute Gasteiger partial charge is 0.0849 e. The third kappa shape index (κ3) is 1.58. The van der Waals surface area contributed by atoms with Crippen molar-refractivity contribution in [1.82, 2.24) is 0 Å². The van der Waals surface area contributed by atoms with Crippen LogP contribution in [0.3, 0.4) is 0 Å². The molecule has 1 rings (SSSR count). The maximum absolute atomic E-state index is 5.30. The van der Waals surface area contributed by atoms with Crippen LogP contribution in [0, 0.1) is 0 Å². The molecule has 8 heavy (non-hydrogen) atoms. The van der Waals surface area contributed by atoms with E-state index in [1.807, 2.05) is 0 Å². The summed E-state index contributed by atoms with van der Waals surface area (Å²) < 4.78 is 6.54. The minimum Gasteiger partial charge on any atom is -0.370 e.